The van der Waals surface area contributed by atoms with Crippen molar-refractivity contribution in [2.24, 2.45) is 11.8 Å². The summed E-state index contributed by atoms with van der Waals surface area (Å²) in [6.07, 6.45) is 3.71. The monoisotopic (exact) mass is 628 g/mol. The Bertz CT molecular complexity index is 1000. The molecule has 0 unspecified atom stereocenters. The molecule has 4 rings (SSSR count). The fraction of sp³-hybridized carbons (Fsp3) is 0.486. The van der Waals surface area contributed by atoms with Crippen LogP contribution in [0.1, 0.15) is 104 Å². The molecule has 0 N–H and O–H groups in total. The molecule has 0 saturated heterocycles. The van der Waals surface area contributed by atoms with E-state index in [-0.39, 0.29) is 35.6 Å². The normalized spacial score (nSPS) is 11.7. The Hall–Kier alpha value is -0.877. The predicted octanol–water partition coefficient (Wildman–Crippen LogP) is 3.86. The molecule has 0 saturated carbocycles. The molecule has 3 heteroatoms. The van der Waals surface area contributed by atoms with E-state index in [4.69, 9.17) is 0 Å². The molecule has 0 radical (unpaired) electrons. The van der Waals surface area contributed by atoms with Crippen LogP contribution in [0.2, 0.25) is 0 Å². The number of benzene rings is 2. The Morgan fingerprint density at radius 1 is 0.816 bits per heavy atom. The minimum absolute atomic E-state index is 0. The van der Waals surface area contributed by atoms with Crippen LogP contribution in [0.5, 0.6) is 0 Å². The van der Waals surface area contributed by atoms with E-state index in [1.165, 1.54) is 46.2 Å². The Morgan fingerprint density at radius 2 is 1.32 bits per heavy atom. The zero-order valence-electron chi connectivity index (χ0n) is 25.3. The van der Waals surface area contributed by atoms with Crippen LogP contribution < -0.4 is 24.8 Å². The van der Waals surface area contributed by atoms with Crippen LogP contribution in [0, 0.1) is 17.9 Å². The zero-order valence-corrected chi connectivity index (χ0v) is 29.3. The third-order valence-electron chi connectivity index (χ3n) is 6.39. The standard InChI is InChI=1S/C21H25.C9H18.C5H5.2ClH.Zr/c1-20(2,3)16-9-7-14-11-15-8-10-17(21(4,5)6)13-19(15)18(14)12-16;1-8(2)6-5-7-9(3)4;1-2-4-5-3-1;;;/h7,9-10,12-13H,11H2,1-6H3;8-9H,6-7H2,1-4H3;1-5H;2*1H;/q-1;;-1;;;+2/p-2. The van der Waals surface area contributed by atoms with Crippen molar-refractivity contribution in [2.75, 3.05) is 0 Å². The molecule has 0 spiro atoms. The first kappa shape index (κ1) is 37.1. The van der Waals surface area contributed by atoms with Crippen LogP contribution in [0.25, 0.3) is 11.1 Å². The van der Waals surface area contributed by atoms with Crippen molar-refractivity contribution < 1.29 is 49.0 Å². The summed E-state index contributed by atoms with van der Waals surface area (Å²) in [7, 11) is 0. The third-order valence-corrected chi connectivity index (χ3v) is 7.39. The van der Waals surface area contributed by atoms with E-state index in [9.17, 15) is 0 Å². The molecule has 1 aliphatic carbocycles. The van der Waals surface area contributed by atoms with Crippen molar-refractivity contribution >= 4 is 3.21 Å². The van der Waals surface area contributed by atoms with Gasteiger partial charge in [-0.3, -0.25) is 0 Å². The molecule has 0 fully saturated rings. The van der Waals surface area contributed by atoms with E-state index in [2.05, 4.69) is 106 Å². The number of hydrogen-bond donors (Lipinski definition) is 0. The van der Waals surface area contributed by atoms with Gasteiger partial charge < -0.3 is 24.8 Å². The van der Waals surface area contributed by atoms with Crippen molar-refractivity contribution in [2.45, 2.75) is 99.3 Å². The van der Waals surface area contributed by atoms with Crippen LogP contribution in [0.15, 0.2) is 60.7 Å². The maximum atomic E-state index is 3.53. The molecule has 0 nitrogen and oxygen atoms in total. The molecule has 208 valence electrons. The van der Waals surface area contributed by atoms with E-state index in [0.29, 0.717) is 0 Å². The van der Waals surface area contributed by atoms with Crippen molar-refractivity contribution in [1.29, 1.82) is 0 Å². The largest absolute Gasteiger partial charge is 1.00 e. The van der Waals surface area contributed by atoms with Crippen molar-refractivity contribution in [1.82, 2.24) is 0 Å². The second kappa shape index (κ2) is 16.4. The minimum atomic E-state index is 0. The van der Waals surface area contributed by atoms with Gasteiger partial charge in [0.05, 0.1) is 0 Å². The van der Waals surface area contributed by atoms with Gasteiger partial charge >= 0.3 is 79.8 Å². The van der Waals surface area contributed by atoms with E-state index in [0.717, 1.165) is 18.3 Å². The van der Waals surface area contributed by atoms with Crippen molar-refractivity contribution in [3.63, 3.8) is 0 Å². The summed E-state index contributed by atoms with van der Waals surface area (Å²) in [5, 5.41) is 0. The predicted molar refractivity (Wildman–Crippen MR) is 157 cm³/mol. The van der Waals surface area contributed by atoms with Gasteiger partial charge in [-0.25, -0.2) is 12.1 Å². The second-order valence-corrected chi connectivity index (χ2v) is 14.8. The van der Waals surface area contributed by atoms with Gasteiger partial charge in [-0.1, -0.05) is 76.3 Å². The van der Waals surface area contributed by atoms with Gasteiger partial charge in [0.1, 0.15) is 0 Å². The van der Waals surface area contributed by atoms with Gasteiger partial charge in [0.15, 0.2) is 0 Å². The molecule has 1 aliphatic rings. The first-order chi connectivity index (χ1) is 16.7. The quantitative estimate of drug-likeness (QED) is 0.301. The summed E-state index contributed by atoms with van der Waals surface area (Å²) >= 11 is 1.65. The molecule has 0 bridgehead atoms. The number of rotatable bonds is 4. The molecule has 0 heterocycles. The van der Waals surface area contributed by atoms with Crippen LogP contribution in [-0.2, 0) is 41.5 Å². The average Bonchev–Trinajstić information content (AvgIpc) is 3.42. The number of halogens is 2. The van der Waals surface area contributed by atoms with Gasteiger partial charge in [0, 0.05) is 0 Å². The molecule has 0 aromatic heterocycles. The zero-order chi connectivity index (χ0) is 27.1. The molecule has 0 atom stereocenters. The van der Waals surface area contributed by atoms with E-state index >= 15 is 0 Å². The van der Waals surface area contributed by atoms with E-state index in [1.807, 2.05) is 30.3 Å². The molecule has 3 aromatic rings. The number of hydrogen-bond acceptors (Lipinski definition) is 0. The summed E-state index contributed by atoms with van der Waals surface area (Å²) < 4.78 is 1.75. The Labute approximate surface area is 261 Å². The van der Waals surface area contributed by atoms with Gasteiger partial charge in [-0.2, -0.15) is 47.5 Å². The maximum absolute atomic E-state index is 3.53. The molecule has 0 aliphatic heterocycles. The molecule has 3 aromatic carbocycles. The SMILES string of the molecule is CC(C)(C)c1c[c-]c2c(c1)-c1cc(C(C)(C)C)ccc1C2.CC(C)C[C](=[Zr+2])CC(C)C.[Cl-].[Cl-].c1cc[cH-]c1. The van der Waals surface area contributed by atoms with Crippen molar-refractivity contribution in [3.8, 4) is 11.1 Å². The molecule has 0 amide bonds. The molecular weight excluding hydrogens is 583 g/mol. The van der Waals surface area contributed by atoms with Crippen LogP contribution in [0.3, 0.4) is 0 Å². The Kier molecular flexibility index (Phi) is 16.0. The average molecular weight is 631 g/mol. The first-order valence-corrected chi connectivity index (χ1v) is 14.8. The third kappa shape index (κ3) is 12.1. The van der Waals surface area contributed by atoms with Crippen LogP contribution in [0.4, 0.5) is 0 Å². The van der Waals surface area contributed by atoms with Gasteiger partial charge in [0.25, 0.3) is 0 Å². The molecule has 38 heavy (non-hydrogen) atoms. The van der Waals surface area contributed by atoms with E-state index < -0.39 is 0 Å². The summed E-state index contributed by atoms with van der Waals surface area (Å²) in [6.45, 7) is 22.8. The fourth-order valence-corrected chi connectivity index (χ4v) is 6.38. The summed E-state index contributed by atoms with van der Waals surface area (Å²) in [5.74, 6) is 1.71. The smallest absolute Gasteiger partial charge is 0.172 e. The van der Waals surface area contributed by atoms with E-state index in [1.54, 1.807) is 27.4 Å². The Morgan fingerprint density at radius 3 is 1.74 bits per heavy atom. The van der Waals surface area contributed by atoms with Gasteiger partial charge in [0.2, 0.25) is 0 Å². The van der Waals surface area contributed by atoms with Crippen LogP contribution in [-0.4, -0.2) is 3.21 Å². The fourth-order valence-electron chi connectivity index (χ4n) is 4.37. The molecular formula is C35H48Cl2Zr-2. The summed E-state index contributed by atoms with van der Waals surface area (Å²) in [6, 6.07) is 25.1. The van der Waals surface area contributed by atoms with Crippen LogP contribution >= 0.6 is 0 Å². The maximum Gasteiger partial charge on any atom is -0.172 e. The first-order valence-electron chi connectivity index (χ1n) is 13.6. The van der Waals surface area contributed by atoms with Crippen molar-refractivity contribution in [3.05, 3.63) is 89.0 Å². The number of fused-ring (bicyclic) bond motifs is 3. The second-order valence-electron chi connectivity index (χ2n) is 13.1. The minimum Gasteiger partial charge on any atom is -1.00 e. The van der Waals surface area contributed by atoms with Gasteiger partial charge in [-0.15, -0.1) is 5.56 Å². The topological polar surface area (TPSA) is 0 Å². The Balaban J connectivity index is 0.000000676. The summed E-state index contributed by atoms with van der Waals surface area (Å²) in [4.78, 5) is 0. The summed E-state index contributed by atoms with van der Waals surface area (Å²) in [5.41, 5.74) is 8.76. The van der Waals surface area contributed by atoms with Gasteiger partial charge in [-0.05, 0) is 17.4 Å².